The van der Waals surface area contributed by atoms with E-state index in [0.717, 1.165) is 5.39 Å². The topological polar surface area (TPSA) is 87.7 Å². The van der Waals surface area contributed by atoms with Crippen LogP contribution in [0.1, 0.15) is 12.8 Å². The summed E-state index contributed by atoms with van der Waals surface area (Å²) in [7, 11) is -3.33. The van der Waals surface area contributed by atoms with E-state index >= 15 is 0 Å². The monoisotopic (exact) mass is 266 g/mol. The molecule has 0 saturated carbocycles. The maximum atomic E-state index is 11.8. The van der Waals surface area contributed by atoms with Gasteiger partial charge < -0.3 is 0 Å². The number of sulfonamides is 1. The highest BCUT2D eigenvalue weighted by Crippen LogP contribution is 2.15. The smallest absolute Gasteiger partial charge is 0.232 e. The van der Waals surface area contributed by atoms with Crippen LogP contribution in [0, 0.1) is 0 Å². The number of H-pyrrole nitrogens is 1. The molecule has 0 fully saturated rings. The van der Waals surface area contributed by atoms with Crippen LogP contribution in [0.4, 0.5) is 5.69 Å². The van der Waals surface area contributed by atoms with Crippen molar-refractivity contribution >= 4 is 26.7 Å². The van der Waals surface area contributed by atoms with Gasteiger partial charge in [-0.05, 0) is 18.9 Å². The first-order chi connectivity index (χ1) is 8.61. The number of nitrogens with zero attached hydrogens (tertiary/aromatic N) is 2. The molecule has 0 saturated heterocycles. The summed E-state index contributed by atoms with van der Waals surface area (Å²) < 4.78 is 26.0. The first kappa shape index (κ1) is 12.6. The van der Waals surface area contributed by atoms with Crippen molar-refractivity contribution in [2.24, 2.45) is 0 Å². The lowest BCUT2D eigenvalue weighted by Crippen LogP contribution is -2.16. The Morgan fingerprint density at radius 1 is 1.44 bits per heavy atom. The van der Waals surface area contributed by atoms with E-state index in [1.165, 1.54) is 6.20 Å². The summed E-state index contributed by atoms with van der Waals surface area (Å²) in [5.41, 5.74) is 1.08. The molecule has 0 unspecified atom stereocenters. The van der Waals surface area contributed by atoms with Crippen LogP contribution in [0.2, 0.25) is 0 Å². The van der Waals surface area contributed by atoms with Crippen molar-refractivity contribution in [1.82, 2.24) is 15.2 Å². The third-order valence-corrected chi connectivity index (χ3v) is 3.76. The lowest BCUT2D eigenvalue weighted by Gasteiger charge is -2.06. The Morgan fingerprint density at radius 2 is 2.28 bits per heavy atom. The molecule has 2 aromatic heterocycles. The predicted octanol–water partition coefficient (Wildman–Crippen LogP) is 1.67. The van der Waals surface area contributed by atoms with Crippen LogP contribution >= 0.6 is 0 Å². The zero-order chi connectivity index (χ0) is 13.0. The van der Waals surface area contributed by atoms with Crippen LogP contribution in [0.15, 0.2) is 31.1 Å². The number of rotatable bonds is 6. The number of aromatic amines is 1. The Hall–Kier alpha value is -1.89. The molecular formula is C11H14N4O2S. The fraction of sp³-hybridized carbons (Fsp3) is 0.273. The summed E-state index contributed by atoms with van der Waals surface area (Å²) >= 11 is 0. The highest BCUT2D eigenvalue weighted by atomic mass is 32.2. The van der Waals surface area contributed by atoms with E-state index < -0.39 is 10.0 Å². The average Bonchev–Trinajstić information content (AvgIpc) is 2.75. The molecule has 6 nitrogen and oxygen atoms in total. The summed E-state index contributed by atoms with van der Waals surface area (Å²) in [6.07, 6.45) is 6.00. The number of nitrogens with one attached hydrogen (secondary N) is 2. The van der Waals surface area contributed by atoms with Gasteiger partial charge in [-0.3, -0.25) is 9.82 Å². The van der Waals surface area contributed by atoms with Gasteiger partial charge in [0.1, 0.15) is 0 Å². The first-order valence-corrected chi connectivity index (χ1v) is 7.16. The lowest BCUT2D eigenvalue weighted by atomic mass is 10.3. The molecule has 0 aliphatic carbocycles. The number of hydrogen-bond donors (Lipinski definition) is 2. The van der Waals surface area contributed by atoms with Crippen molar-refractivity contribution in [3.8, 4) is 0 Å². The van der Waals surface area contributed by atoms with E-state index in [1.807, 2.05) is 0 Å². The van der Waals surface area contributed by atoms with Gasteiger partial charge in [0, 0.05) is 5.39 Å². The quantitative estimate of drug-likeness (QED) is 0.615. The minimum atomic E-state index is -3.33. The number of fused-ring (bicyclic) bond motifs is 1. The van der Waals surface area contributed by atoms with E-state index in [1.54, 1.807) is 18.3 Å². The molecule has 0 aliphatic heterocycles. The largest absolute Gasteiger partial charge is 0.282 e. The third kappa shape index (κ3) is 3.07. The van der Waals surface area contributed by atoms with E-state index in [2.05, 4.69) is 26.5 Å². The zero-order valence-corrected chi connectivity index (χ0v) is 10.6. The van der Waals surface area contributed by atoms with Gasteiger partial charge in [-0.1, -0.05) is 6.08 Å². The molecule has 0 atom stereocenters. The normalized spacial score (nSPS) is 11.6. The van der Waals surface area contributed by atoms with Gasteiger partial charge in [0.05, 0.1) is 23.8 Å². The fourth-order valence-corrected chi connectivity index (χ4v) is 2.66. The minimum absolute atomic E-state index is 0.0719. The number of pyridine rings is 1. The molecule has 0 aromatic carbocycles. The van der Waals surface area contributed by atoms with Gasteiger partial charge in [-0.15, -0.1) is 6.58 Å². The van der Waals surface area contributed by atoms with Gasteiger partial charge in [0.25, 0.3) is 0 Å². The molecule has 0 bridgehead atoms. The molecule has 0 spiro atoms. The Kier molecular flexibility index (Phi) is 3.61. The molecule has 0 radical (unpaired) electrons. The van der Waals surface area contributed by atoms with Gasteiger partial charge in [-0.25, -0.2) is 13.4 Å². The molecule has 7 heteroatoms. The number of anilines is 1. The van der Waals surface area contributed by atoms with E-state index in [9.17, 15) is 8.42 Å². The summed E-state index contributed by atoms with van der Waals surface area (Å²) in [4.78, 5) is 4.06. The van der Waals surface area contributed by atoms with Crippen molar-refractivity contribution in [3.05, 3.63) is 31.1 Å². The SMILES string of the molecule is C=CCCCS(=O)(=O)Nc1cnc2[nH]ncc2c1. The third-order valence-electron chi connectivity index (χ3n) is 2.39. The van der Waals surface area contributed by atoms with Crippen molar-refractivity contribution in [1.29, 1.82) is 0 Å². The van der Waals surface area contributed by atoms with Gasteiger partial charge >= 0.3 is 0 Å². The molecule has 96 valence electrons. The summed E-state index contributed by atoms with van der Waals surface area (Å²) in [5, 5.41) is 7.29. The molecule has 0 aliphatic rings. The average molecular weight is 266 g/mol. The summed E-state index contributed by atoms with van der Waals surface area (Å²) in [5.74, 6) is 0.0719. The van der Waals surface area contributed by atoms with Crippen LogP contribution in [0.25, 0.3) is 11.0 Å². The number of unbranched alkanes of at least 4 members (excludes halogenated alkanes) is 1. The maximum Gasteiger partial charge on any atom is 0.232 e. The molecule has 2 N–H and O–H groups in total. The van der Waals surface area contributed by atoms with E-state index in [4.69, 9.17) is 0 Å². The van der Waals surface area contributed by atoms with Crippen LogP contribution in [0.5, 0.6) is 0 Å². The summed E-state index contributed by atoms with van der Waals surface area (Å²) in [6.45, 7) is 3.56. The second-order valence-corrected chi connectivity index (χ2v) is 5.73. The number of allylic oxidation sites excluding steroid dienone is 1. The highest BCUT2D eigenvalue weighted by molar-refractivity contribution is 7.92. The standard InChI is InChI=1S/C11H14N4O2S/c1-2-3-4-5-18(16,17)15-10-6-9-7-13-14-11(9)12-8-10/h2,6-8,15H,1,3-5H2,(H,12,13,14). The Balaban J connectivity index is 2.09. The van der Waals surface area contributed by atoms with Crippen LogP contribution in [-0.4, -0.2) is 29.4 Å². The van der Waals surface area contributed by atoms with Gasteiger partial charge in [0.15, 0.2) is 5.65 Å². The second kappa shape index (κ2) is 5.18. The predicted molar refractivity (Wildman–Crippen MR) is 70.7 cm³/mol. The van der Waals surface area contributed by atoms with Crippen LogP contribution in [0.3, 0.4) is 0 Å². The molecule has 18 heavy (non-hydrogen) atoms. The van der Waals surface area contributed by atoms with Gasteiger partial charge in [-0.2, -0.15) is 5.10 Å². The van der Waals surface area contributed by atoms with E-state index in [-0.39, 0.29) is 5.75 Å². The minimum Gasteiger partial charge on any atom is -0.282 e. The van der Waals surface area contributed by atoms with Crippen LogP contribution < -0.4 is 4.72 Å². The Bertz CT molecular complexity index is 648. The van der Waals surface area contributed by atoms with Crippen LogP contribution in [-0.2, 0) is 10.0 Å². The Labute approximate surface area is 105 Å². The number of hydrogen-bond acceptors (Lipinski definition) is 4. The van der Waals surface area contributed by atoms with Gasteiger partial charge in [0.2, 0.25) is 10.0 Å². The molecular weight excluding hydrogens is 252 g/mol. The van der Waals surface area contributed by atoms with Crippen molar-refractivity contribution in [3.63, 3.8) is 0 Å². The molecule has 2 aromatic rings. The number of aromatic nitrogens is 3. The second-order valence-electron chi connectivity index (χ2n) is 3.88. The van der Waals surface area contributed by atoms with Crippen molar-refractivity contribution in [2.45, 2.75) is 12.8 Å². The fourth-order valence-electron chi connectivity index (χ4n) is 1.54. The first-order valence-electron chi connectivity index (χ1n) is 5.51. The Morgan fingerprint density at radius 3 is 3.06 bits per heavy atom. The highest BCUT2D eigenvalue weighted by Gasteiger charge is 2.10. The zero-order valence-electron chi connectivity index (χ0n) is 9.76. The van der Waals surface area contributed by atoms with Crippen molar-refractivity contribution < 1.29 is 8.42 Å². The molecule has 2 heterocycles. The maximum absolute atomic E-state index is 11.8. The molecule has 0 amide bonds. The van der Waals surface area contributed by atoms with E-state index in [0.29, 0.717) is 24.2 Å². The molecule has 2 rings (SSSR count). The summed E-state index contributed by atoms with van der Waals surface area (Å²) in [6, 6.07) is 1.69. The lowest BCUT2D eigenvalue weighted by molar-refractivity contribution is 0.598. The van der Waals surface area contributed by atoms with Crippen molar-refractivity contribution in [2.75, 3.05) is 10.5 Å².